The van der Waals surface area contributed by atoms with Crippen LogP contribution < -0.4 is 15.5 Å². The molecule has 0 bridgehead atoms. The highest BCUT2D eigenvalue weighted by atomic mass is 16.1. The normalized spacial score (nSPS) is 10.1. The fourth-order valence-electron chi connectivity index (χ4n) is 1.86. The molecule has 2 rings (SSSR count). The van der Waals surface area contributed by atoms with E-state index in [4.69, 9.17) is 0 Å². The molecule has 1 aromatic heterocycles. The van der Waals surface area contributed by atoms with Crippen molar-refractivity contribution in [3.63, 3.8) is 0 Å². The molecule has 0 spiro atoms. The number of rotatable bonds is 6. The van der Waals surface area contributed by atoms with E-state index in [-0.39, 0.29) is 5.91 Å². The Morgan fingerprint density at radius 1 is 1.18 bits per heavy atom. The van der Waals surface area contributed by atoms with Gasteiger partial charge in [-0.1, -0.05) is 17.7 Å². The topological polar surface area (TPSA) is 70.2 Å². The second-order valence-electron chi connectivity index (χ2n) is 5.24. The number of benzene rings is 1. The molecule has 6 nitrogen and oxygen atoms in total. The van der Waals surface area contributed by atoms with E-state index in [2.05, 4.69) is 20.8 Å². The largest absolute Gasteiger partial charge is 0.376 e. The Kier molecular flexibility index (Phi) is 5.30. The molecule has 0 atom stereocenters. The fourth-order valence-corrected chi connectivity index (χ4v) is 1.86. The summed E-state index contributed by atoms with van der Waals surface area (Å²) in [6, 6.07) is 9.41. The Hall–Kier alpha value is -2.63. The summed E-state index contributed by atoms with van der Waals surface area (Å²) in [5.41, 5.74) is 2.78. The van der Waals surface area contributed by atoms with Crippen LogP contribution in [0.15, 0.2) is 36.5 Å². The molecule has 0 fully saturated rings. The van der Waals surface area contributed by atoms with Crippen molar-refractivity contribution in [2.75, 3.05) is 37.4 Å². The van der Waals surface area contributed by atoms with Gasteiger partial charge in [-0.25, -0.2) is 0 Å². The minimum Gasteiger partial charge on any atom is -0.376 e. The molecule has 0 saturated heterocycles. The molecular weight excluding hydrogens is 278 g/mol. The van der Waals surface area contributed by atoms with Crippen LogP contribution in [0.1, 0.15) is 15.9 Å². The quantitative estimate of drug-likeness (QED) is 0.794. The first-order chi connectivity index (χ1) is 10.6. The first-order valence-corrected chi connectivity index (χ1v) is 7.15. The van der Waals surface area contributed by atoms with E-state index in [1.54, 1.807) is 6.20 Å². The molecule has 1 aromatic carbocycles. The summed E-state index contributed by atoms with van der Waals surface area (Å²) in [6.45, 7) is 3.10. The summed E-state index contributed by atoms with van der Waals surface area (Å²) in [6.07, 6.45) is 1.70. The fraction of sp³-hybridized carbons (Fsp3) is 0.312. The lowest BCUT2D eigenvalue weighted by Crippen LogP contribution is -2.28. The summed E-state index contributed by atoms with van der Waals surface area (Å²) in [5, 5.41) is 13.9. The van der Waals surface area contributed by atoms with E-state index >= 15 is 0 Å². The average Bonchev–Trinajstić information content (AvgIpc) is 2.52. The minimum absolute atomic E-state index is 0.0741. The predicted molar refractivity (Wildman–Crippen MR) is 88.4 cm³/mol. The summed E-state index contributed by atoms with van der Waals surface area (Å²) in [4.78, 5) is 13.9. The van der Waals surface area contributed by atoms with Crippen LogP contribution in [0.5, 0.6) is 0 Å². The van der Waals surface area contributed by atoms with Crippen LogP contribution in [0.25, 0.3) is 0 Å². The van der Waals surface area contributed by atoms with Crippen LogP contribution in [0, 0.1) is 6.92 Å². The number of anilines is 2. The molecule has 116 valence electrons. The molecule has 1 heterocycles. The molecule has 0 aliphatic heterocycles. The smallest absolute Gasteiger partial charge is 0.251 e. The first-order valence-electron chi connectivity index (χ1n) is 7.15. The number of aromatic nitrogens is 2. The van der Waals surface area contributed by atoms with Crippen LogP contribution in [-0.4, -0.2) is 43.3 Å². The number of nitrogens with zero attached hydrogens (tertiary/aromatic N) is 3. The van der Waals surface area contributed by atoms with Crippen molar-refractivity contribution < 1.29 is 4.79 Å². The van der Waals surface area contributed by atoms with Gasteiger partial charge in [-0.3, -0.25) is 4.79 Å². The Morgan fingerprint density at radius 3 is 2.59 bits per heavy atom. The number of hydrogen-bond donors (Lipinski definition) is 2. The van der Waals surface area contributed by atoms with Crippen LogP contribution in [0.4, 0.5) is 11.5 Å². The van der Waals surface area contributed by atoms with Crippen LogP contribution >= 0.6 is 0 Å². The molecule has 2 N–H and O–H groups in total. The third-order valence-corrected chi connectivity index (χ3v) is 3.19. The third kappa shape index (κ3) is 4.44. The number of amides is 1. The zero-order valence-corrected chi connectivity index (χ0v) is 13.1. The maximum absolute atomic E-state index is 11.9. The maximum atomic E-state index is 11.9. The Morgan fingerprint density at radius 2 is 1.91 bits per heavy atom. The van der Waals surface area contributed by atoms with Gasteiger partial charge in [0.15, 0.2) is 5.82 Å². The summed E-state index contributed by atoms with van der Waals surface area (Å²) in [5.74, 6) is 0.616. The van der Waals surface area contributed by atoms with Gasteiger partial charge >= 0.3 is 0 Å². The molecule has 0 aliphatic carbocycles. The van der Waals surface area contributed by atoms with Gasteiger partial charge < -0.3 is 15.5 Å². The minimum atomic E-state index is -0.0741. The summed E-state index contributed by atoms with van der Waals surface area (Å²) < 4.78 is 0. The molecule has 0 unspecified atom stereocenters. The highest BCUT2D eigenvalue weighted by Gasteiger charge is 2.04. The lowest BCUT2D eigenvalue weighted by Gasteiger charge is -2.13. The van der Waals surface area contributed by atoms with Gasteiger partial charge in [0.1, 0.15) is 0 Å². The van der Waals surface area contributed by atoms with Gasteiger partial charge in [0.25, 0.3) is 5.91 Å². The lowest BCUT2D eigenvalue weighted by molar-refractivity contribution is 0.0955. The number of carbonyl (C=O) groups is 1. The zero-order chi connectivity index (χ0) is 15.9. The van der Waals surface area contributed by atoms with Crippen molar-refractivity contribution in [1.82, 2.24) is 15.5 Å². The standard InChI is InChI=1S/C16H21N5O/c1-12-4-6-13(7-5-12)16(22)18-9-8-17-15-10-14(21(2)3)11-19-20-15/h4-7,10-11H,8-9H2,1-3H3,(H,17,20)(H,18,22). The van der Waals surface area contributed by atoms with Crippen LogP contribution in [0.3, 0.4) is 0 Å². The van der Waals surface area contributed by atoms with Gasteiger partial charge in [0.2, 0.25) is 0 Å². The van der Waals surface area contributed by atoms with E-state index in [0.717, 1.165) is 11.3 Å². The van der Waals surface area contributed by atoms with E-state index in [9.17, 15) is 4.79 Å². The van der Waals surface area contributed by atoms with E-state index in [1.807, 2.05) is 56.3 Å². The maximum Gasteiger partial charge on any atom is 0.251 e. The number of hydrogen-bond acceptors (Lipinski definition) is 5. The SMILES string of the molecule is Cc1ccc(C(=O)NCCNc2cc(N(C)C)cnn2)cc1. The molecule has 6 heteroatoms. The van der Waals surface area contributed by atoms with Gasteiger partial charge in [-0.05, 0) is 19.1 Å². The monoisotopic (exact) mass is 299 g/mol. The highest BCUT2D eigenvalue weighted by molar-refractivity contribution is 5.94. The highest BCUT2D eigenvalue weighted by Crippen LogP contribution is 2.12. The van der Waals surface area contributed by atoms with Crippen molar-refractivity contribution in [2.24, 2.45) is 0 Å². The molecule has 0 aliphatic rings. The van der Waals surface area contributed by atoms with Crippen molar-refractivity contribution in [1.29, 1.82) is 0 Å². The van der Waals surface area contributed by atoms with Gasteiger partial charge in [0.05, 0.1) is 11.9 Å². The van der Waals surface area contributed by atoms with Gasteiger partial charge in [-0.2, -0.15) is 5.10 Å². The second kappa shape index (κ2) is 7.40. The first kappa shape index (κ1) is 15.8. The average molecular weight is 299 g/mol. The molecule has 1 amide bonds. The van der Waals surface area contributed by atoms with Gasteiger partial charge in [0, 0.05) is 38.8 Å². The van der Waals surface area contributed by atoms with E-state index in [1.165, 1.54) is 0 Å². The summed E-state index contributed by atoms with van der Waals surface area (Å²) in [7, 11) is 3.89. The molecular formula is C16H21N5O. The Bertz CT molecular complexity index is 625. The van der Waals surface area contributed by atoms with Crippen molar-refractivity contribution in [2.45, 2.75) is 6.92 Å². The van der Waals surface area contributed by atoms with E-state index in [0.29, 0.717) is 24.5 Å². The second-order valence-corrected chi connectivity index (χ2v) is 5.24. The van der Waals surface area contributed by atoms with Gasteiger partial charge in [-0.15, -0.1) is 5.10 Å². The Balaban J connectivity index is 1.78. The van der Waals surface area contributed by atoms with Crippen molar-refractivity contribution in [3.8, 4) is 0 Å². The molecule has 0 radical (unpaired) electrons. The number of aryl methyl sites for hydroxylation is 1. The van der Waals surface area contributed by atoms with Crippen LogP contribution in [0.2, 0.25) is 0 Å². The van der Waals surface area contributed by atoms with Crippen LogP contribution in [-0.2, 0) is 0 Å². The molecule has 22 heavy (non-hydrogen) atoms. The molecule has 2 aromatic rings. The lowest BCUT2D eigenvalue weighted by atomic mass is 10.1. The van der Waals surface area contributed by atoms with Crippen molar-refractivity contribution in [3.05, 3.63) is 47.7 Å². The molecule has 0 saturated carbocycles. The number of nitrogens with one attached hydrogen (secondary N) is 2. The zero-order valence-electron chi connectivity index (χ0n) is 13.1. The number of carbonyl (C=O) groups excluding carboxylic acids is 1. The summed E-state index contributed by atoms with van der Waals surface area (Å²) >= 11 is 0. The van der Waals surface area contributed by atoms with E-state index < -0.39 is 0 Å². The predicted octanol–water partition coefficient (Wildman–Crippen LogP) is 1.69. The van der Waals surface area contributed by atoms with Crippen molar-refractivity contribution >= 4 is 17.4 Å². The third-order valence-electron chi connectivity index (χ3n) is 3.19. The Labute approximate surface area is 130 Å².